The number of carbonyl (C=O) groups is 2. The van der Waals surface area contributed by atoms with Gasteiger partial charge in [-0.1, -0.05) is 19.9 Å². The minimum Gasteiger partial charge on any atom is -0.342 e. The number of anilines is 1. The Balaban J connectivity index is 1.84. The summed E-state index contributed by atoms with van der Waals surface area (Å²) in [6.45, 7) is 7.34. The highest BCUT2D eigenvalue weighted by Crippen LogP contribution is 2.25. The number of urea groups is 1. The average molecular weight is 370 g/mol. The van der Waals surface area contributed by atoms with Gasteiger partial charge in [0.2, 0.25) is 0 Å². The molecule has 0 unspecified atom stereocenters. The standard InChI is InChI=1S/C19H26N6O2/c1-12(2)9-15(17-21-11-22-24(17)4)23-18(26)14-6-5-13(3)16(10-14)25-8-7-20-19(25)27/h5-6,10-12,15H,7-9H2,1-4H3,(H,20,27)(H,23,26)/t15-/m0/s1. The van der Waals surface area contributed by atoms with Crippen molar-refractivity contribution in [3.63, 3.8) is 0 Å². The van der Waals surface area contributed by atoms with Crippen LogP contribution in [0.2, 0.25) is 0 Å². The van der Waals surface area contributed by atoms with Crippen molar-refractivity contribution in [3.8, 4) is 0 Å². The van der Waals surface area contributed by atoms with Crippen molar-refractivity contribution in [1.82, 2.24) is 25.4 Å². The van der Waals surface area contributed by atoms with Crippen molar-refractivity contribution in [3.05, 3.63) is 41.5 Å². The zero-order valence-electron chi connectivity index (χ0n) is 16.2. The highest BCUT2D eigenvalue weighted by atomic mass is 16.2. The van der Waals surface area contributed by atoms with Gasteiger partial charge in [0.25, 0.3) is 5.91 Å². The molecule has 0 radical (unpaired) electrons. The molecule has 1 aliphatic heterocycles. The van der Waals surface area contributed by atoms with Gasteiger partial charge in [0.15, 0.2) is 0 Å². The van der Waals surface area contributed by atoms with Gasteiger partial charge in [-0.3, -0.25) is 14.4 Å². The molecule has 1 atom stereocenters. The predicted molar refractivity (Wildman–Crippen MR) is 103 cm³/mol. The number of amides is 3. The Morgan fingerprint density at radius 1 is 1.37 bits per heavy atom. The van der Waals surface area contributed by atoms with Crippen LogP contribution in [0.15, 0.2) is 24.5 Å². The first-order chi connectivity index (χ1) is 12.9. The largest absolute Gasteiger partial charge is 0.342 e. The van der Waals surface area contributed by atoms with Crippen LogP contribution in [0.5, 0.6) is 0 Å². The molecule has 0 bridgehead atoms. The fourth-order valence-electron chi connectivity index (χ4n) is 3.31. The Morgan fingerprint density at radius 2 is 2.15 bits per heavy atom. The van der Waals surface area contributed by atoms with Gasteiger partial charge in [-0.25, -0.2) is 9.78 Å². The fourth-order valence-corrected chi connectivity index (χ4v) is 3.31. The molecular weight excluding hydrogens is 344 g/mol. The van der Waals surface area contributed by atoms with Crippen LogP contribution in [0.4, 0.5) is 10.5 Å². The number of nitrogens with one attached hydrogen (secondary N) is 2. The number of hydrogen-bond donors (Lipinski definition) is 2. The zero-order valence-corrected chi connectivity index (χ0v) is 16.2. The van der Waals surface area contributed by atoms with E-state index in [-0.39, 0.29) is 18.0 Å². The molecule has 8 heteroatoms. The third-order valence-electron chi connectivity index (χ3n) is 4.69. The van der Waals surface area contributed by atoms with E-state index in [9.17, 15) is 9.59 Å². The van der Waals surface area contributed by atoms with Crippen molar-refractivity contribution < 1.29 is 9.59 Å². The van der Waals surface area contributed by atoms with Gasteiger partial charge in [0, 0.05) is 31.4 Å². The van der Waals surface area contributed by atoms with Gasteiger partial charge in [-0.15, -0.1) is 0 Å². The minimum atomic E-state index is -0.232. The van der Waals surface area contributed by atoms with Crippen LogP contribution in [0.3, 0.4) is 0 Å². The molecule has 1 aliphatic rings. The SMILES string of the molecule is Cc1ccc(C(=O)N[C@@H](CC(C)C)c2ncnn2C)cc1N1CCNC1=O. The van der Waals surface area contributed by atoms with Gasteiger partial charge in [-0.2, -0.15) is 5.10 Å². The third kappa shape index (κ3) is 4.10. The maximum absolute atomic E-state index is 12.9. The highest BCUT2D eigenvalue weighted by molar-refractivity contribution is 5.99. The summed E-state index contributed by atoms with van der Waals surface area (Å²) in [6.07, 6.45) is 2.25. The molecule has 1 aromatic carbocycles. The van der Waals surface area contributed by atoms with Crippen LogP contribution >= 0.6 is 0 Å². The molecular formula is C19H26N6O2. The molecule has 0 saturated carbocycles. The van der Waals surface area contributed by atoms with Crippen LogP contribution in [-0.2, 0) is 7.05 Å². The van der Waals surface area contributed by atoms with E-state index < -0.39 is 0 Å². The summed E-state index contributed by atoms with van der Waals surface area (Å²) in [5.74, 6) is 0.918. The molecule has 2 N–H and O–H groups in total. The van der Waals surface area contributed by atoms with Crippen molar-refractivity contribution in [2.45, 2.75) is 33.2 Å². The number of hydrogen-bond acceptors (Lipinski definition) is 4. The van der Waals surface area contributed by atoms with Gasteiger partial charge in [0.1, 0.15) is 12.2 Å². The molecule has 144 valence electrons. The second-order valence-corrected chi connectivity index (χ2v) is 7.28. The summed E-state index contributed by atoms with van der Waals surface area (Å²) in [5, 5.41) is 9.98. The van der Waals surface area contributed by atoms with Crippen LogP contribution < -0.4 is 15.5 Å². The van der Waals surface area contributed by atoms with Crippen molar-refractivity contribution in [1.29, 1.82) is 0 Å². The monoisotopic (exact) mass is 370 g/mol. The molecule has 1 aromatic heterocycles. The Labute approximate surface area is 159 Å². The van der Waals surface area contributed by atoms with Crippen LogP contribution in [0.25, 0.3) is 0 Å². The molecule has 1 saturated heterocycles. The fraction of sp³-hybridized carbons (Fsp3) is 0.474. The number of nitrogens with zero attached hydrogens (tertiary/aromatic N) is 4. The van der Waals surface area contributed by atoms with E-state index in [1.165, 1.54) is 6.33 Å². The quantitative estimate of drug-likeness (QED) is 0.815. The molecule has 27 heavy (non-hydrogen) atoms. The first-order valence-electron chi connectivity index (χ1n) is 9.17. The van der Waals surface area contributed by atoms with Crippen molar-refractivity contribution >= 4 is 17.6 Å². The first-order valence-corrected chi connectivity index (χ1v) is 9.17. The van der Waals surface area contributed by atoms with E-state index in [2.05, 4.69) is 34.6 Å². The van der Waals surface area contributed by atoms with Gasteiger partial charge >= 0.3 is 6.03 Å². The third-order valence-corrected chi connectivity index (χ3v) is 4.69. The lowest BCUT2D eigenvalue weighted by Crippen LogP contribution is -2.32. The van der Waals surface area contributed by atoms with E-state index in [0.29, 0.717) is 24.6 Å². The molecule has 3 rings (SSSR count). The zero-order chi connectivity index (χ0) is 19.6. The van der Waals surface area contributed by atoms with E-state index in [1.54, 1.807) is 21.7 Å². The molecule has 3 amide bonds. The molecule has 0 spiro atoms. The summed E-state index contributed by atoms with van der Waals surface area (Å²) in [4.78, 5) is 30.9. The minimum absolute atomic E-state index is 0.132. The number of rotatable bonds is 6. The normalized spacial score (nSPS) is 15.1. The van der Waals surface area contributed by atoms with Gasteiger partial charge in [-0.05, 0) is 37.0 Å². The van der Waals surface area contributed by atoms with Crippen LogP contribution in [0.1, 0.15) is 48.1 Å². The topological polar surface area (TPSA) is 92.2 Å². The molecule has 8 nitrogen and oxygen atoms in total. The number of carbonyl (C=O) groups excluding carboxylic acids is 2. The summed E-state index contributed by atoms with van der Waals surface area (Å²) >= 11 is 0. The van der Waals surface area contributed by atoms with Crippen LogP contribution in [0, 0.1) is 12.8 Å². The Hall–Kier alpha value is -2.90. The van der Waals surface area contributed by atoms with Gasteiger partial charge in [0.05, 0.1) is 6.04 Å². The number of aromatic nitrogens is 3. The molecule has 2 heterocycles. The summed E-state index contributed by atoms with van der Waals surface area (Å²) in [7, 11) is 1.82. The lowest BCUT2D eigenvalue weighted by atomic mass is 10.0. The molecule has 2 aromatic rings. The van der Waals surface area contributed by atoms with E-state index in [1.807, 2.05) is 20.0 Å². The van der Waals surface area contributed by atoms with E-state index in [0.717, 1.165) is 23.5 Å². The van der Waals surface area contributed by atoms with E-state index >= 15 is 0 Å². The van der Waals surface area contributed by atoms with E-state index in [4.69, 9.17) is 0 Å². The lowest BCUT2D eigenvalue weighted by molar-refractivity contribution is 0.0929. The Kier molecular flexibility index (Phi) is 5.43. The highest BCUT2D eigenvalue weighted by Gasteiger charge is 2.25. The predicted octanol–water partition coefficient (Wildman–Crippen LogP) is 2.17. The van der Waals surface area contributed by atoms with Gasteiger partial charge < -0.3 is 10.6 Å². The number of aryl methyl sites for hydroxylation is 2. The second kappa shape index (κ2) is 7.77. The van der Waals surface area contributed by atoms with Crippen molar-refractivity contribution in [2.75, 3.05) is 18.0 Å². The summed E-state index contributed by atoms with van der Waals surface area (Å²) < 4.78 is 1.68. The smallest absolute Gasteiger partial charge is 0.322 e. The Bertz CT molecular complexity index is 844. The summed E-state index contributed by atoms with van der Waals surface area (Å²) in [6, 6.07) is 5.07. The lowest BCUT2D eigenvalue weighted by Gasteiger charge is -2.21. The average Bonchev–Trinajstić information content (AvgIpc) is 3.22. The van der Waals surface area contributed by atoms with Crippen molar-refractivity contribution in [2.24, 2.45) is 13.0 Å². The number of benzene rings is 1. The maximum Gasteiger partial charge on any atom is 0.322 e. The first kappa shape index (κ1) is 18.9. The molecule has 1 fully saturated rings. The molecule has 0 aliphatic carbocycles. The second-order valence-electron chi connectivity index (χ2n) is 7.28. The summed E-state index contributed by atoms with van der Waals surface area (Å²) in [5.41, 5.74) is 2.23. The maximum atomic E-state index is 12.9. The van der Waals surface area contributed by atoms with Crippen LogP contribution in [-0.4, -0.2) is 39.8 Å². The Morgan fingerprint density at radius 3 is 2.74 bits per heavy atom.